The first-order valence-corrected chi connectivity index (χ1v) is 13.3. The highest BCUT2D eigenvalue weighted by Gasteiger charge is 2.16. The topological polar surface area (TPSA) is 73.5 Å². The van der Waals surface area contributed by atoms with E-state index >= 15 is 0 Å². The van der Waals surface area contributed by atoms with Crippen LogP contribution in [0.4, 0.5) is 0 Å². The molecular weight excluding hydrogens is 468 g/mol. The van der Waals surface area contributed by atoms with Crippen molar-refractivity contribution in [1.82, 2.24) is 30.0 Å². The van der Waals surface area contributed by atoms with Gasteiger partial charge in [-0.25, -0.2) is 4.98 Å². The van der Waals surface area contributed by atoms with Gasteiger partial charge in [0, 0.05) is 52.6 Å². The molecule has 0 bridgehead atoms. The zero-order valence-electron chi connectivity index (χ0n) is 21.7. The Balaban J connectivity index is 1.36. The number of nitrogens with zero attached hydrogens (tertiary/aromatic N) is 4. The Morgan fingerprint density at radius 2 is 1.95 bits per heavy atom. The van der Waals surface area contributed by atoms with Crippen LogP contribution < -0.4 is 0 Å². The lowest BCUT2D eigenvalue weighted by Gasteiger charge is -2.26. The zero-order chi connectivity index (χ0) is 25.9. The molecule has 4 aromatic heterocycles. The molecule has 1 fully saturated rings. The third-order valence-corrected chi connectivity index (χ3v) is 7.41. The third-order valence-electron chi connectivity index (χ3n) is 7.41. The lowest BCUT2D eigenvalue weighted by Crippen LogP contribution is -2.31. The summed E-state index contributed by atoms with van der Waals surface area (Å²) in [6.45, 7) is 9.42. The molecule has 0 spiro atoms. The van der Waals surface area contributed by atoms with Gasteiger partial charge in [-0.05, 0) is 73.8 Å². The highest BCUT2D eigenvalue weighted by atomic mass is 15.2. The number of rotatable bonds is 7. The number of fused-ring (bicyclic) bond motifs is 2. The van der Waals surface area contributed by atoms with Crippen LogP contribution in [0.25, 0.3) is 50.0 Å². The molecule has 5 heterocycles. The van der Waals surface area contributed by atoms with Crippen LogP contribution in [0.2, 0.25) is 0 Å². The number of H-pyrrole nitrogens is 2. The van der Waals surface area contributed by atoms with Crippen LogP contribution in [-0.4, -0.2) is 49.7 Å². The van der Waals surface area contributed by atoms with E-state index in [9.17, 15) is 0 Å². The quantitative estimate of drug-likeness (QED) is 0.232. The average Bonchev–Trinajstić information content (AvgIpc) is 3.60. The van der Waals surface area contributed by atoms with E-state index in [0.29, 0.717) is 0 Å². The van der Waals surface area contributed by atoms with Gasteiger partial charge in [-0.3, -0.25) is 15.0 Å². The van der Waals surface area contributed by atoms with Crippen LogP contribution >= 0.6 is 0 Å². The zero-order valence-corrected chi connectivity index (χ0v) is 21.7. The van der Waals surface area contributed by atoms with E-state index in [1.165, 1.54) is 24.8 Å². The molecule has 190 valence electrons. The van der Waals surface area contributed by atoms with Gasteiger partial charge in [0.25, 0.3) is 0 Å². The molecule has 6 heteroatoms. The van der Waals surface area contributed by atoms with Crippen LogP contribution in [0, 0.1) is 0 Å². The number of allylic oxidation sites excluding steroid dienone is 3. The Hall–Kier alpha value is -4.29. The number of pyridine rings is 2. The van der Waals surface area contributed by atoms with E-state index in [4.69, 9.17) is 4.98 Å². The summed E-state index contributed by atoms with van der Waals surface area (Å²) in [6.07, 6.45) is 15.9. The van der Waals surface area contributed by atoms with Gasteiger partial charge in [-0.2, -0.15) is 5.10 Å². The van der Waals surface area contributed by atoms with E-state index in [1.807, 2.05) is 24.5 Å². The van der Waals surface area contributed by atoms with Gasteiger partial charge in [0.15, 0.2) is 5.65 Å². The van der Waals surface area contributed by atoms with Gasteiger partial charge in [0.1, 0.15) is 5.69 Å². The van der Waals surface area contributed by atoms with E-state index in [2.05, 4.69) is 87.1 Å². The Morgan fingerprint density at radius 3 is 2.74 bits per heavy atom. The van der Waals surface area contributed by atoms with Crippen LogP contribution in [0.5, 0.6) is 0 Å². The van der Waals surface area contributed by atoms with Crippen molar-refractivity contribution in [1.29, 1.82) is 0 Å². The molecule has 0 aliphatic carbocycles. The molecule has 5 aromatic rings. The summed E-state index contributed by atoms with van der Waals surface area (Å²) >= 11 is 0. The molecular formula is C32H32N6. The van der Waals surface area contributed by atoms with Gasteiger partial charge in [0.2, 0.25) is 0 Å². The fourth-order valence-corrected chi connectivity index (χ4v) is 5.40. The molecule has 0 radical (unpaired) electrons. The molecule has 38 heavy (non-hydrogen) atoms. The summed E-state index contributed by atoms with van der Waals surface area (Å²) in [5.41, 5.74) is 9.30. The minimum Gasteiger partial charge on any atom is -0.353 e. The minimum absolute atomic E-state index is 0.770. The monoisotopic (exact) mass is 500 g/mol. The summed E-state index contributed by atoms with van der Waals surface area (Å²) in [5, 5.41) is 9.90. The van der Waals surface area contributed by atoms with Crippen molar-refractivity contribution >= 4 is 27.5 Å². The van der Waals surface area contributed by atoms with Crippen molar-refractivity contribution in [2.24, 2.45) is 0 Å². The van der Waals surface area contributed by atoms with Gasteiger partial charge >= 0.3 is 0 Å². The SMILES string of the molecule is C=C/C(=C\C(=C/C)c1cnc2[nH]nc(-c3cc4c(-c5cccnc5)cccc4[nH]3)c2c1)CN1CCCCC1. The lowest BCUT2D eigenvalue weighted by atomic mass is 10.0. The number of hydrogen-bond acceptors (Lipinski definition) is 4. The minimum atomic E-state index is 0.770. The van der Waals surface area contributed by atoms with Crippen molar-refractivity contribution < 1.29 is 0 Å². The molecule has 1 aliphatic heterocycles. The van der Waals surface area contributed by atoms with E-state index in [0.717, 1.165) is 75.2 Å². The van der Waals surface area contributed by atoms with Gasteiger partial charge in [0.05, 0.1) is 5.69 Å². The fraction of sp³-hybridized carbons (Fsp3) is 0.219. The summed E-state index contributed by atoms with van der Waals surface area (Å²) in [7, 11) is 0. The molecule has 1 saturated heterocycles. The van der Waals surface area contributed by atoms with Crippen LogP contribution in [0.1, 0.15) is 31.7 Å². The van der Waals surface area contributed by atoms with Crippen LogP contribution in [-0.2, 0) is 0 Å². The molecule has 0 amide bonds. The average molecular weight is 501 g/mol. The van der Waals surface area contributed by atoms with Crippen molar-refractivity contribution in [2.75, 3.05) is 19.6 Å². The van der Waals surface area contributed by atoms with Crippen molar-refractivity contribution in [2.45, 2.75) is 26.2 Å². The molecule has 2 N–H and O–H groups in total. The second kappa shape index (κ2) is 10.6. The second-order valence-electron chi connectivity index (χ2n) is 9.89. The largest absolute Gasteiger partial charge is 0.353 e. The Kier molecular flexibility index (Phi) is 6.71. The second-order valence-corrected chi connectivity index (χ2v) is 9.89. The van der Waals surface area contributed by atoms with Gasteiger partial charge < -0.3 is 4.98 Å². The lowest BCUT2D eigenvalue weighted by molar-refractivity contribution is 0.248. The maximum Gasteiger partial charge on any atom is 0.155 e. The first-order valence-electron chi connectivity index (χ1n) is 13.3. The first kappa shape index (κ1) is 24.1. The van der Waals surface area contributed by atoms with Crippen molar-refractivity contribution in [3.05, 3.63) is 97.0 Å². The first-order chi connectivity index (χ1) is 18.7. The maximum absolute atomic E-state index is 4.72. The maximum atomic E-state index is 4.72. The Morgan fingerprint density at radius 1 is 1.05 bits per heavy atom. The summed E-state index contributed by atoms with van der Waals surface area (Å²) in [5.74, 6) is 0. The number of hydrogen-bond donors (Lipinski definition) is 2. The number of aromatic amines is 2. The van der Waals surface area contributed by atoms with E-state index < -0.39 is 0 Å². The number of aromatic nitrogens is 5. The normalized spacial score (nSPS) is 15.4. The molecule has 0 unspecified atom stereocenters. The van der Waals surface area contributed by atoms with Gasteiger partial charge in [-0.15, -0.1) is 0 Å². The summed E-state index contributed by atoms with van der Waals surface area (Å²) in [4.78, 5) is 15.1. The Bertz CT molecular complexity index is 1650. The Labute approximate surface area is 222 Å². The molecule has 1 aromatic carbocycles. The molecule has 0 saturated carbocycles. The predicted octanol–water partition coefficient (Wildman–Crippen LogP) is 7.17. The van der Waals surface area contributed by atoms with Crippen molar-refractivity contribution in [3.63, 3.8) is 0 Å². The highest BCUT2D eigenvalue weighted by Crippen LogP contribution is 2.34. The third kappa shape index (κ3) is 4.71. The molecule has 6 nitrogen and oxygen atoms in total. The van der Waals surface area contributed by atoms with Gasteiger partial charge in [-0.1, -0.05) is 49.4 Å². The van der Waals surface area contributed by atoms with E-state index in [-0.39, 0.29) is 0 Å². The van der Waals surface area contributed by atoms with E-state index in [1.54, 1.807) is 6.20 Å². The summed E-state index contributed by atoms with van der Waals surface area (Å²) in [6, 6.07) is 14.7. The smallest absolute Gasteiger partial charge is 0.155 e. The fourth-order valence-electron chi connectivity index (χ4n) is 5.40. The molecule has 1 aliphatic rings. The number of benzene rings is 1. The van der Waals surface area contributed by atoms with Crippen LogP contribution in [0.3, 0.4) is 0 Å². The molecule has 0 atom stereocenters. The number of piperidine rings is 1. The highest BCUT2D eigenvalue weighted by molar-refractivity contribution is 6.01. The van der Waals surface area contributed by atoms with Crippen molar-refractivity contribution in [3.8, 4) is 22.5 Å². The number of nitrogens with one attached hydrogen (secondary N) is 2. The molecule has 6 rings (SSSR count). The summed E-state index contributed by atoms with van der Waals surface area (Å²) < 4.78 is 0. The predicted molar refractivity (Wildman–Crippen MR) is 157 cm³/mol. The number of likely N-dealkylation sites (tertiary alicyclic amines) is 1. The standard InChI is InChI=1S/C32H32N6/c1-3-22(21-38-14-6-5-7-15-38)16-23(4-2)25-17-28-31(36-37-32(28)34-20-25)30-18-27-26(11-8-12-29(27)35-30)24-10-9-13-33-19-24/h3-4,8-13,16-20,35H,1,5-7,14-15,21H2,2H3,(H,34,36,37)/b22-16+,23-4+. The van der Waals surface area contributed by atoms with Crippen LogP contribution in [0.15, 0.2) is 91.4 Å².